The fraction of sp³-hybridized carbons (Fsp3) is 0.818. The van der Waals surface area contributed by atoms with Crippen molar-refractivity contribution >= 4 is 5.91 Å². The molecule has 1 N–H and O–H groups in total. The van der Waals surface area contributed by atoms with Crippen LogP contribution in [-0.2, 0) is 4.79 Å². The van der Waals surface area contributed by atoms with E-state index in [2.05, 4.69) is 30.1 Å². The Morgan fingerprint density at radius 3 is 3.00 bits per heavy atom. The molecule has 1 aliphatic heterocycles. The Morgan fingerprint density at radius 1 is 1.67 bits per heavy atom. The van der Waals surface area contributed by atoms with Crippen LogP contribution < -0.4 is 5.32 Å². The quantitative estimate of drug-likeness (QED) is 0.748. The van der Waals surface area contributed by atoms with Gasteiger partial charge in [-0.2, -0.15) is 5.26 Å². The van der Waals surface area contributed by atoms with E-state index in [0.717, 1.165) is 19.4 Å². The molecule has 0 bridgehead atoms. The molecule has 0 aromatic carbocycles. The monoisotopic (exact) mass is 209 g/mol. The zero-order valence-corrected chi connectivity index (χ0v) is 9.49. The molecule has 4 heteroatoms. The highest BCUT2D eigenvalue weighted by molar-refractivity contribution is 5.82. The van der Waals surface area contributed by atoms with E-state index in [0.29, 0.717) is 19.0 Å². The number of hydrogen-bond donors (Lipinski definition) is 1. The van der Waals surface area contributed by atoms with Crippen LogP contribution in [0.3, 0.4) is 0 Å². The predicted molar refractivity (Wildman–Crippen MR) is 58.1 cm³/mol. The van der Waals surface area contributed by atoms with Gasteiger partial charge < -0.3 is 5.32 Å². The number of nitrogens with one attached hydrogen (secondary N) is 1. The van der Waals surface area contributed by atoms with Gasteiger partial charge in [-0.25, -0.2) is 0 Å². The Bertz CT molecular complexity index is 259. The number of piperazine rings is 1. The van der Waals surface area contributed by atoms with Crippen molar-refractivity contribution in [3.63, 3.8) is 0 Å². The molecule has 1 aliphatic rings. The first-order chi connectivity index (χ1) is 7.20. The van der Waals surface area contributed by atoms with Crippen LogP contribution in [0.25, 0.3) is 0 Å². The van der Waals surface area contributed by atoms with Gasteiger partial charge in [-0.1, -0.05) is 13.3 Å². The Kier molecular flexibility index (Phi) is 4.57. The molecule has 84 valence electrons. The van der Waals surface area contributed by atoms with E-state index in [1.54, 1.807) is 0 Å². The van der Waals surface area contributed by atoms with E-state index >= 15 is 0 Å². The van der Waals surface area contributed by atoms with Gasteiger partial charge in [-0.05, 0) is 19.9 Å². The molecule has 2 atom stereocenters. The molecule has 0 radical (unpaired) electrons. The summed E-state index contributed by atoms with van der Waals surface area (Å²) < 4.78 is 0. The molecular weight excluding hydrogens is 190 g/mol. The average molecular weight is 209 g/mol. The standard InChI is InChI=1S/C11H19N3O/c1-3-4-7-14-9(2)8-13-11(15)10(14)5-6-12/h9-10H,3-5,7-8H2,1-2H3,(H,13,15). The third-order valence-corrected chi connectivity index (χ3v) is 2.90. The first kappa shape index (κ1) is 12.0. The van der Waals surface area contributed by atoms with Crippen molar-refractivity contribution in [1.82, 2.24) is 10.2 Å². The van der Waals surface area contributed by atoms with Gasteiger partial charge in [0.1, 0.15) is 6.04 Å². The summed E-state index contributed by atoms with van der Waals surface area (Å²) in [6.07, 6.45) is 2.49. The topological polar surface area (TPSA) is 56.1 Å². The maximum atomic E-state index is 11.6. The molecule has 0 aromatic heterocycles. The van der Waals surface area contributed by atoms with Gasteiger partial charge in [0.2, 0.25) is 5.91 Å². The molecule has 1 saturated heterocycles. The Morgan fingerprint density at radius 2 is 2.40 bits per heavy atom. The van der Waals surface area contributed by atoms with Crippen LogP contribution >= 0.6 is 0 Å². The molecule has 2 unspecified atom stereocenters. The highest BCUT2D eigenvalue weighted by Crippen LogP contribution is 2.14. The SMILES string of the molecule is CCCCN1C(C)CNC(=O)C1CC#N. The number of rotatable bonds is 4. The third-order valence-electron chi connectivity index (χ3n) is 2.90. The van der Waals surface area contributed by atoms with Crippen LogP contribution in [0.15, 0.2) is 0 Å². The lowest BCUT2D eigenvalue weighted by Gasteiger charge is -2.39. The number of amides is 1. The van der Waals surface area contributed by atoms with Crippen molar-refractivity contribution in [3.8, 4) is 6.07 Å². The fourth-order valence-corrected chi connectivity index (χ4v) is 1.95. The maximum Gasteiger partial charge on any atom is 0.238 e. The van der Waals surface area contributed by atoms with Crippen molar-refractivity contribution in [2.24, 2.45) is 0 Å². The van der Waals surface area contributed by atoms with Crippen LogP contribution in [0, 0.1) is 11.3 Å². The van der Waals surface area contributed by atoms with Crippen LogP contribution in [-0.4, -0.2) is 36.0 Å². The van der Waals surface area contributed by atoms with Gasteiger partial charge in [0, 0.05) is 12.6 Å². The minimum Gasteiger partial charge on any atom is -0.353 e. The third kappa shape index (κ3) is 2.93. The largest absolute Gasteiger partial charge is 0.353 e. The van der Waals surface area contributed by atoms with E-state index in [-0.39, 0.29) is 11.9 Å². The van der Waals surface area contributed by atoms with Gasteiger partial charge in [0.25, 0.3) is 0 Å². The summed E-state index contributed by atoms with van der Waals surface area (Å²) in [6.45, 7) is 5.84. The van der Waals surface area contributed by atoms with Crippen molar-refractivity contribution in [2.45, 2.75) is 45.2 Å². The van der Waals surface area contributed by atoms with Gasteiger partial charge in [0.15, 0.2) is 0 Å². The normalized spacial score (nSPS) is 27.1. The number of carbonyl (C=O) groups is 1. The van der Waals surface area contributed by atoms with E-state index in [1.165, 1.54) is 0 Å². The Labute approximate surface area is 91.2 Å². The zero-order valence-electron chi connectivity index (χ0n) is 9.49. The first-order valence-corrected chi connectivity index (χ1v) is 5.61. The molecule has 1 heterocycles. The number of carbonyl (C=O) groups excluding carboxylic acids is 1. The van der Waals surface area contributed by atoms with Gasteiger partial charge in [0.05, 0.1) is 12.5 Å². The van der Waals surface area contributed by atoms with Crippen LogP contribution in [0.4, 0.5) is 0 Å². The van der Waals surface area contributed by atoms with Crippen molar-refractivity contribution in [2.75, 3.05) is 13.1 Å². The second-order valence-corrected chi connectivity index (χ2v) is 4.06. The van der Waals surface area contributed by atoms with Gasteiger partial charge in [-0.15, -0.1) is 0 Å². The van der Waals surface area contributed by atoms with Crippen molar-refractivity contribution in [1.29, 1.82) is 5.26 Å². The lowest BCUT2D eigenvalue weighted by atomic mass is 10.0. The van der Waals surface area contributed by atoms with E-state index in [4.69, 9.17) is 5.26 Å². The molecule has 0 saturated carbocycles. The Balaban J connectivity index is 2.65. The summed E-state index contributed by atoms with van der Waals surface area (Å²) in [5.41, 5.74) is 0. The molecule has 0 aliphatic carbocycles. The summed E-state index contributed by atoms with van der Waals surface area (Å²) in [5, 5.41) is 11.6. The molecular formula is C11H19N3O. The number of hydrogen-bond acceptors (Lipinski definition) is 3. The fourth-order valence-electron chi connectivity index (χ4n) is 1.95. The molecule has 1 fully saturated rings. The summed E-state index contributed by atoms with van der Waals surface area (Å²) in [7, 11) is 0. The average Bonchev–Trinajstić information content (AvgIpc) is 2.23. The lowest BCUT2D eigenvalue weighted by molar-refractivity contribution is -0.130. The lowest BCUT2D eigenvalue weighted by Crippen LogP contribution is -2.59. The van der Waals surface area contributed by atoms with Crippen LogP contribution in [0.2, 0.25) is 0 Å². The highest BCUT2D eigenvalue weighted by atomic mass is 16.2. The van der Waals surface area contributed by atoms with E-state index in [9.17, 15) is 4.79 Å². The summed E-state index contributed by atoms with van der Waals surface area (Å²) in [6, 6.07) is 2.19. The van der Waals surface area contributed by atoms with Gasteiger partial charge >= 0.3 is 0 Å². The minimum atomic E-state index is -0.245. The summed E-state index contributed by atoms with van der Waals surface area (Å²) in [4.78, 5) is 13.8. The molecule has 4 nitrogen and oxygen atoms in total. The summed E-state index contributed by atoms with van der Waals surface area (Å²) in [5.74, 6) is 0.00533. The number of nitrogens with zero attached hydrogens (tertiary/aromatic N) is 2. The smallest absolute Gasteiger partial charge is 0.238 e. The van der Waals surface area contributed by atoms with Crippen molar-refractivity contribution in [3.05, 3.63) is 0 Å². The molecule has 0 aromatic rings. The Hall–Kier alpha value is -1.08. The predicted octanol–water partition coefficient (Wildman–Crippen LogP) is 0.889. The highest BCUT2D eigenvalue weighted by Gasteiger charge is 2.33. The molecule has 15 heavy (non-hydrogen) atoms. The minimum absolute atomic E-state index is 0.00533. The van der Waals surface area contributed by atoms with Crippen molar-refractivity contribution < 1.29 is 4.79 Å². The number of unbranched alkanes of at least 4 members (excludes halogenated alkanes) is 1. The van der Waals surface area contributed by atoms with Crippen LogP contribution in [0.5, 0.6) is 0 Å². The van der Waals surface area contributed by atoms with Gasteiger partial charge in [-0.3, -0.25) is 9.69 Å². The van der Waals surface area contributed by atoms with Crippen LogP contribution in [0.1, 0.15) is 33.1 Å². The molecule has 1 amide bonds. The maximum absolute atomic E-state index is 11.6. The van der Waals surface area contributed by atoms with E-state index in [1.807, 2.05) is 0 Å². The number of nitriles is 1. The van der Waals surface area contributed by atoms with E-state index < -0.39 is 0 Å². The molecule has 1 rings (SSSR count). The zero-order chi connectivity index (χ0) is 11.3. The first-order valence-electron chi connectivity index (χ1n) is 5.61. The molecule has 0 spiro atoms. The second kappa shape index (κ2) is 5.72. The summed E-state index contributed by atoms with van der Waals surface area (Å²) >= 11 is 0. The second-order valence-electron chi connectivity index (χ2n) is 4.06.